The Morgan fingerprint density at radius 2 is 1.98 bits per heavy atom. The fourth-order valence-corrected chi connectivity index (χ4v) is 6.10. The van der Waals surface area contributed by atoms with E-state index in [0.29, 0.717) is 5.39 Å². The standard InChI is InChI=1S/C26H31BrFN4O8P/c1-14(2)38-23(34)15(3)31-41(36,40-19-11-7-9-16-8-5-6-10-17(16)19)37-13-20-21(33)26(4,28)24(39-20)32-12-18(27)22(29)30-25(32)35/h5-12,14-15,20-21,24,33H,13H2,1-4H3,(H,31,36)(H2,29,30,35)/t15-,20-,21-,24?,26-,41-/m1/s1. The number of esters is 1. The number of aliphatic hydroxyl groups is 1. The average Bonchev–Trinajstić information content (AvgIpc) is 3.13. The molecule has 1 aliphatic heterocycles. The number of aromatic nitrogens is 2. The Bertz CT molecular complexity index is 1530. The Hall–Kier alpha value is -2.87. The Kier molecular flexibility index (Phi) is 9.22. The minimum absolute atomic E-state index is 0.104. The van der Waals surface area contributed by atoms with Crippen LogP contribution in [-0.2, 0) is 23.4 Å². The van der Waals surface area contributed by atoms with E-state index in [1.807, 2.05) is 18.2 Å². The normalized spacial score (nSPS) is 24.7. The topological polar surface area (TPSA) is 164 Å². The maximum Gasteiger partial charge on any atom is 0.459 e. The SMILES string of the molecule is CC(C)OC(=O)[C@@H](C)N[P@@](=O)(OC[C@H]1OC(n2cc(Br)c(N)nc2=O)[C@](C)(F)[C@@H]1O)Oc1cccc2ccccc12. The number of hydrogen-bond acceptors (Lipinski definition) is 10. The summed E-state index contributed by atoms with van der Waals surface area (Å²) in [4.78, 5) is 28.6. The van der Waals surface area contributed by atoms with Crippen LogP contribution < -0.4 is 21.0 Å². The van der Waals surface area contributed by atoms with Crippen LogP contribution in [0.15, 0.2) is 57.9 Å². The molecule has 2 aromatic carbocycles. The molecule has 41 heavy (non-hydrogen) atoms. The van der Waals surface area contributed by atoms with Crippen LogP contribution in [0.25, 0.3) is 10.8 Å². The van der Waals surface area contributed by atoms with E-state index in [9.17, 15) is 19.3 Å². The Balaban J connectivity index is 1.60. The summed E-state index contributed by atoms with van der Waals surface area (Å²) in [5.74, 6) is -0.624. The zero-order chi connectivity index (χ0) is 30.1. The third kappa shape index (κ3) is 6.79. The first-order valence-electron chi connectivity index (χ1n) is 12.7. The van der Waals surface area contributed by atoms with Gasteiger partial charge in [-0.05, 0) is 55.1 Å². The summed E-state index contributed by atoms with van der Waals surface area (Å²) in [6, 6.07) is 11.2. The molecule has 1 aliphatic rings. The van der Waals surface area contributed by atoms with E-state index in [1.165, 1.54) is 13.1 Å². The number of rotatable bonds is 10. The zero-order valence-electron chi connectivity index (χ0n) is 22.7. The highest BCUT2D eigenvalue weighted by molar-refractivity contribution is 9.10. The quantitative estimate of drug-likeness (QED) is 0.214. The van der Waals surface area contributed by atoms with Crippen LogP contribution in [0.1, 0.15) is 33.9 Å². The van der Waals surface area contributed by atoms with Crippen LogP contribution in [0.4, 0.5) is 10.2 Å². The van der Waals surface area contributed by atoms with Crippen molar-refractivity contribution in [2.75, 3.05) is 12.3 Å². The van der Waals surface area contributed by atoms with Gasteiger partial charge in [-0.1, -0.05) is 36.4 Å². The van der Waals surface area contributed by atoms with Crippen molar-refractivity contribution in [2.45, 2.75) is 63.9 Å². The van der Waals surface area contributed by atoms with E-state index in [0.717, 1.165) is 16.9 Å². The molecule has 6 atom stereocenters. The van der Waals surface area contributed by atoms with Crippen LogP contribution in [0.2, 0.25) is 0 Å². The van der Waals surface area contributed by atoms with Crippen molar-refractivity contribution >= 4 is 46.2 Å². The van der Waals surface area contributed by atoms with E-state index in [1.54, 1.807) is 38.1 Å². The number of nitrogens with one attached hydrogen (secondary N) is 1. The van der Waals surface area contributed by atoms with Crippen molar-refractivity contribution in [2.24, 2.45) is 0 Å². The third-order valence-corrected chi connectivity index (χ3v) is 8.58. The Labute approximate surface area is 243 Å². The number of halogens is 2. The van der Waals surface area contributed by atoms with Crippen molar-refractivity contribution in [1.29, 1.82) is 0 Å². The first-order chi connectivity index (χ1) is 19.2. The van der Waals surface area contributed by atoms with Gasteiger partial charge in [0.1, 0.15) is 29.8 Å². The molecule has 1 unspecified atom stereocenters. The van der Waals surface area contributed by atoms with Crippen LogP contribution in [-0.4, -0.2) is 57.3 Å². The molecular weight excluding hydrogens is 626 g/mol. The minimum atomic E-state index is -4.40. The van der Waals surface area contributed by atoms with Crippen molar-refractivity contribution in [1.82, 2.24) is 14.6 Å². The highest BCUT2D eigenvalue weighted by Crippen LogP contribution is 2.49. The van der Waals surface area contributed by atoms with Crippen LogP contribution in [0.3, 0.4) is 0 Å². The van der Waals surface area contributed by atoms with Gasteiger partial charge in [0.25, 0.3) is 0 Å². The number of aliphatic hydroxyl groups excluding tert-OH is 1. The first kappa shape index (κ1) is 31.1. The van der Waals surface area contributed by atoms with Crippen LogP contribution >= 0.6 is 23.7 Å². The van der Waals surface area contributed by atoms with Crippen LogP contribution in [0.5, 0.6) is 5.75 Å². The number of anilines is 1. The number of ether oxygens (including phenoxy) is 2. The summed E-state index contributed by atoms with van der Waals surface area (Å²) in [5.41, 5.74) is 2.24. The fraction of sp³-hybridized carbons (Fsp3) is 0.423. The summed E-state index contributed by atoms with van der Waals surface area (Å²) in [6.07, 6.45) is -4.07. The maximum atomic E-state index is 15.8. The molecule has 0 saturated carbocycles. The molecule has 0 amide bonds. The van der Waals surface area contributed by atoms with Crippen LogP contribution in [0, 0.1) is 0 Å². The summed E-state index contributed by atoms with van der Waals surface area (Å²) in [5, 5.41) is 14.8. The highest BCUT2D eigenvalue weighted by Gasteiger charge is 2.56. The number of hydrogen-bond donors (Lipinski definition) is 3. The molecule has 12 nitrogen and oxygen atoms in total. The summed E-state index contributed by atoms with van der Waals surface area (Å²) < 4.78 is 53.2. The van der Waals surface area contributed by atoms with Crippen molar-refractivity contribution < 1.29 is 37.4 Å². The number of nitrogen functional groups attached to an aromatic ring is 1. The lowest BCUT2D eigenvalue weighted by Crippen LogP contribution is -2.43. The molecule has 0 bridgehead atoms. The van der Waals surface area contributed by atoms with Gasteiger partial charge in [0.05, 0.1) is 17.2 Å². The number of benzene rings is 2. The predicted molar refractivity (Wildman–Crippen MR) is 152 cm³/mol. The Morgan fingerprint density at radius 1 is 1.29 bits per heavy atom. The average molecular weight is 657 g/mol. The van der Waals surface area contributed by atoms with Gasteiger partial charge in [-0.3, -0.25) is 13.9 Å². The molecule has 0 radical (unpaired) electrons. The monoisotopic (exact) mass is 656 g/mol. The second-order valence-electron chi connectivity index (χ2n) is 9.99. The van der Waals surface area contributed by atoms with E-state index in [2.05, 4.69) is 26.0 Å². The third-order valence-electron chi connectivity index (χ3n) is 6.34. The number of alkyl halides is 1. The van der Waals surface area contributed by atoms with Crippen molar-refractivity contribution in [3.8, 4) is 5.75 Å². The van der Waals surface area contributed by atoms with Gasteiger partial charge in [0.15, 0.2) is 11.9 Å². The molecule has 1 saturated heterocycles. The van der Waals surface area contributed by atoms with Gasteiger partial charge >= 0.3 is 19.4 Å². The lowest BCUT2D eigenvalue weighted by Gasteiger charge is -2.26. The molecule has 0 spiro atoms. The smallest absolute Gasteiger partial charge is 0.459 e. The van der Waals surface area contributed by atoms with Gasteiger partial charge in [-0.15, -0.1) is 0 Å². The van der Waals surface area contributed by atoms with E-state index < -0.39 is 62.3 Å². The molecule has 1 fully saturated rings. The highest BCUT2D eigenvalue weighted by atomic mass is 79.9. The summed E-state index contributed by atoms with van der Waals surface area (Å²) in [6.45, 7) is 5.15. The second kappa shape index (κ2) is 12.2. The Morgan fingerprint density at radius 3 is 2.68 bits per heavy atom. The lowest BCUT2D eigenvalue weighted by molar-refractivity contribution is -0.149. The van der Waals surface area contributed by atoms with E-state index in [4.69, 9.17) is 24.3 Å². The van der Waals surface area contributed by atoms with Gasteiger partial charge in [0, 0.05) is 11.6 Å². The van der Waals surface area contributed by atoms with Gasteiger partial charge in [-0.2, -0.15) is 10.1 Å². The molecule has 3 aromatic rings. The van der Waals surface area contributed by atoms with Gasteiger partial charge in [0.2, 0.25) is 0 Å². The fourth-order valence-electron chi connectivity index (χ4n) is 4.27. The molecular formula is C26H31BrFN4O8P. The summed E-state index contributed by atoms with van der Waals surface area (Å²) >= 11 is 3.14. The molecule has 2 heterocycles. The van der Waals surface area contributed by atoms with E-state index in [-0.39, 0.29) is 16.0 Å². The lowest BCUT2D eigenvalue weighted by atomic mass is 9.98. The largest absolute Gasteiger partial charge is 0.462 e. The molecule has 222 valence electrons. The van der Waals surface area contributed by atoms with Crippen molar-refractivity contribution in [3.05, 3.63) is 63.6 Å². The van der Waals surface area contributed by atoms with Crippen molar-refractivity contribution in [3.63, 3.8) is 0 Å². The minimum Gasteiger partial charge on any atom is -0.462 e. The molecule has 0 aliphatic carbocycles. The zero-order valence-corrected chi connectivity index (χ0v) is 25.2. The van der Waals surface area contributed by atoms with Gasteiger partial charge < -0.3 is 24.8 Å². The number of carbonyl (C=O) groups excluding carboxylic acids is 1. The molecule has 1 aromatic heterocycles. The first-order valence-corrected chi connectivity index (χ1v) is 15.0. The van der Waals surface area contributed by atoms with Gasteiger partial charge in [-0.25, -0.2) is 13.8 Å². The number of carbonyl (C=O) groups is 1. The number of nitrogens with zero attached hydrogens (tertiary/aromatic N) is 2. The summed E-state index contributed by atoms with van der Waals surface area (Å²) in [7, 11) is -4.40. The number of nitrogens with two attached hydrogens (primary N) is 1. The molecule has 4 N–H and O–H groups in total. The second-order valence-corrected chi connectivity index (χ2v) is 12.5. The molecule has 4 rings (SSSR count). The van der Waals surface area contributed by atoms with E-state index >= 15 is 4.39 Å². The maximum absolute atomic E-state index is 15.8. The predicted octanol–water partition coefficient (Wildman–Crippen LogP) is 3.86. The number of fused-ring (bicyclic) bond motifs is 1. The molecule has 15 heteroatoms.